The number of halogens is 2. The molecule has 0 saturated carbocycles. The van der Waals surface area contributed by atoms with E-state index in [9.17, 15) is 8.78 Å². The van der Waals surface area contributed by atoms with Crippen LogP contribution in [0.5, 0.6) is 5.75 Å². The molecule has 1 aromatic carbocycles. The van der Waals surface area contributed by atoms with Gasteiger partial charge in [-0.3, -0.25) is 4.39 Å². The van der Waals surface area contributed by atoms with Crippen LogP contribution in [0.3, 0.4) is 0 Å². The van der Waals surface area contributed by atoms with Gasteiger partial charge in [0.05, 0.1) is 13.3 Å². The SMILES string of the molecule is FCCCOc1ccccc1F. The third kappa shape index (κ3) is 2.49. The van der Waals surface area contributed by atoms with Crippen molar-refractivity contribution in [2.75, 3.05) is 13.3 Å². The van der Waals surface area contributed by atoms with Crippen molar-refractivity contribution in [1.29, 1.82) is 0 Å². The number of hydrogen-bond acceptors (Lipinski definition) is 1. The van der Waals surface area contributed by atoms with Gasteiger partial charge < -0.3 is 4.74 Å². The summed E-state index contributed by atoms with van der Waals surface area (Å²) in [5.41, 5.74) is 0. The lowest BCUT2D eigenvalue weighted by Gasteiger charge is -2.04. The molecule has 0 spiro atoms. The van der Waals surface area contributed by atoms with Crippen LogP contribution in [0.2, 0.25) is 0 Å². The summed E-state index contributed by atoms with van der Waals surface area (Å²) in [7, 11) is 0. The summed E-state index contributed by atoms with van der Waals surface area (Å²) < 4.78 is 29.4. The third-order valence-electron chi connectivity index (χ3n) is 1.37. The molecule has 0 heterocycles. The number of alkyl halides is 1. The Morgan fingerprint density at radius 1 is 1.25 bits per heavy atom. The molecule has 1 nitrogen and oxygen atoms in total. The predicted molar refractivity (Wildman–Crippen MR) is 42.5 cm³/mol. The Bertz CT molecular complexity index is 238. The van der Waals surface area contributed by atoms with Gasteiger partial charge in [0.25, 0.3) is 0 Å². The highest BCUT2D eigenvalue weighted by molar-refractivity contribution is 5.23. The van der Waals surface area contributed by atoms with E-state index in [1.54, 1.807) is 12.1 Å². The lowest BCUT2D eigenvalue weighted by molar-refractivity contribution is 0.277. The van der Waals surface area contributed by atoms with E-state index in [1.807, 2.05) is 0 Å². The van der Waals surface area contributed by atoms with Crippen LogP contribution in [0.1, 0.15) is 6.42 Å². The van der Waals surface area contributed by atoms with Crippen LogP contribution in [0.4, 0.5) is 8.78 Å². The van der Waals surface area contributed by atoms with Gasteiger partial charge in [0, 0.05) is 6.42 Å². The molecule has 0 aromatic heterocycles. The standard InChI is InChI=1S/C9H10F2O/c10-6-3-7-12-9-5-2-1-4-8(9)11/h1-2,4-5H,3,6-7H2. The molecule has 0 aliphatic heterocycles. The minimum absolute atomic E-state index is 0.186. The maximum Gasteiger partial charge on any atom is 0.165 e. The molecule has 0 radical (unpaired) electrons. The number of rotatable bonds is 4. The van der Waals surface area contributed by atoms with E-state index in [4.69, 9.17) is 4.74 Å². The first-order chi connectivity index (χ1) is 5.84. The molecule has 0 bridgehead atoms. The van der Waals surface area contributed by atoms with Gasteiger partial charge in [-0.05, 0) is 12.1 Å². The molecule has 1 aromatic rings. The average molecular weight is 172 g/mol. The van der Waals surface area contributed by atoms with Gasteiger partial charge in [0.2, 0.25) is 0 Å². The van der Waals surface area contributed by atoms with Crippen LogP contribution < -0.4 is 4.74 Å². The lowest BCUT2D eigenvalue weighted by atomic mass is 10.3. The van der Waals surface area contributed by atoms with Crippen molar-refractivity contribution in [3.63, 3.8) is 0 Å². The van der Waals surface area contributed by atoms with Gasteiger partial charge in [-0.25, -0.2) is 4.39 Å². The lowest BCUT2D eigenvalue weighted by Crippen LogP contribution is -1.99. The van der Waals surface area contributed by atoms with Gasteiger partial charge in [0.1, 0.15) is 0 Å². The summed E-state index contributed by atoms with van der Waals surface area (Å²) in [5, 5.41) is 0. The van der Waals surface area contributed by atoms with Crippen LogP contribution in [0.25, 0.3) is 0 Å². The molecule has 66 valence electrons. The molecule has 0 unspecified atom stereocenters. The fourth-order valence-corrected chi connectivity index (χ4v) is 0.798. The smallest absolute Gasteiger partial charge is 0.165 e. The second kappa shape index (κ2) is 4.70. The van der Waals surface area contributed by atoms with Crippen molar-refractivity contribution >= 4 is 0 Å². The summed E-state index contributed by atoms with van der Waals surface area (Å²) in [5.74, 6) is -0.220. The van der Waals surface area contributed by atoms with Gasteiger partial charge in [-0.1, -0.05) is 12.1 Å². The Morgan fingerprint density at radius 2 is 2.00 bits per heavy atom. The Hall–Kier alpha value is -1.12. The monoisotopic (exact) mass is 172 g/mol. The summed E-state index contributed by atoms with van der Waals surface area (Å²) in [6, 6.07) is 6.09. The minimum Gasteiger partial charge on any atom is -0.490 e. The number of para-hydroxylation sites is 1. The number of hydrogen-bond donors (Lipinski definition) is 0. The number of ether oxygens (including phenoxy) is 1. The molecular formula is C9H10F2O. The second-order valence-corrected chi connectivity index (χ2v) is 2.32. The predicted octanol–water partition coefficient (Wildman–Crippen LogP) is 2.56. The van der Waals surface area contributed by atoms with E-state index in [0.717, 1.165) is 0 Å². The van der Waals surface area contributed by atoms with E-state index >= 15 is 0 Å². The molecule has 3 heteroatoms. The summed E-state index contributed by atoms with van der Waals surface area (Å²) in [6.07, 6.45) is 0.300. The van der Waals surface area contributed by atoms with Crippen molar-refractivity contribution < 1.29 is 13.5 Å². The topological polar surface area (TPSA) is 9.23 Å². The van der Waals surface area contributed by atoms with Gasteiger partial charge >= 0.3 is 0 Å². The van der Waals surface area contributed by atoms with E-state index in [1.165, 1.54) is 12.1 Å². The highest BCUT2D eigenvalue weighted by Gasteiger charge is 1.99. The first kappa shape index (κ1) is 8.97. The highest BCUT2D eigenvalue weighted by atomic mass is 19.1. The van der Waals surface area contributed by atoms with E-state index in [-0.39, 0.29) is 12.4 Å². The van der Waals surface area contributed by atoms with Crippen molar-refractivity contribution in [1.82, 2.24) is 0 Å². The Kier molecular flexibility index (Phi) is 3.51. The van der Waals surface area contributed by atoms with Crippen molar-refractivity contribution in [2.24, 2.45) is 0 Å². The zero-order valence-corrected chi connectivity index (χ0v) is 6.59. The molecule has 0 amide bonds. The Morgan fingerprint density at radius 3 is 2.67 bits per heavy atom. The molecule has 0 saturated heterocycles. The molecular weight excluding hydrogens is 162 g/mol. The molecule has 12 heavy (non-hydrogen) atoms. The highest BCUT2D eigenvalue weighted by Crippen LogP contribution is 2.15. The summed E-state index contributed by atoms with van der Waals surface area (Å²) in [6.45, 7) is -0.216. The summed E-state index contributed by atoms with van der Waals surface area (Å²) in [4.78, 5) is 0. The summed E-state index contributed by atoms with van der Waals surface area (Å²) >= 11 is 0. The fraction of sp³-hybridized carbons (Fsp3) is 0.333. The zero-order valence-electron chi connectivity index (χ0n) is 6.59. The van der Waals surface area contributed by atoms with Crippen LogP contribution in [-0.2, 0) is 0 Å². The Balaban J connectivity index is 2.46. The fourth-order valence-electron chi connectivity index (χ4n) is 0.798. The van der Waals surface area contributed by atoms with E-state index in [2.05, 4.69) is 0 Å². The first-order valence-corrected chi connectivity index (χ1v) is 3.78. The van der Waals surface area contributed by atoms with Crippen LogP contribution in [-0.4, -0.2) is 13.3 Å². The van der Waals surface area contributed by atoms with Gasteiger partial charge in [-0.2, -0.15) is 0 Å². The third-order valence-corrected chi connectivity index (χ3v) is 1.37. The maximum absolute atomic E-state index is 12.8. The van der Waals surface area contributed by atoms with Crippen LogP contribution >= 0.6 is 0 Å². The van der Waals surface area contributed by atoms with Crippen LogP contribution in [0, 0.1) is 5.82 Å². The molecule has 0 atom stereocenters. The minimum atomic E-state index is -0.436. The normalized spacial score (nSPS) is 9.83. The zero-order chi connectivity index (χ0) is 8.81. The molecule has 0 N–H and O–H groups in total. The quantitative estimate of drug-likeness (QED) is 0.634. The second-order valence-electron chi connectivity index (χ2n) is 2.32. The van der Waals surface area contributed by atoms with E-state index < -0.39 is 12.5 Å². The Labute approximate surface area is 70.0 Å². The molecule has 0 fully saturated rings. The molecule has 1 rings (SSSR count). The van der Waals surface area contributed by atoms with Crippen LogP contribution in [0.15, 0.2) is 24.3 Å². The van der Waals surface area contributed by atoms with Crippen molar-refractivity contribution in [3.8, 4) is 5.75 Å². The van der Waals surface area contributed by atoms with Crippen molar-refractivity contribution in [2.45, 2.75) is 6.42 Å². The van der Waals surface area contributed by atoms with E-state index in [0.29, 0.717) is 6.42 Å². The maximum atomic E-state index is 12.8. The molecule has 0 aliphatic carbocycles. The molecule has 0 aliphatic rings. The van der Waals surface area contributed by atoms with Gasteiger partial charge in [0.15, 0.2) is 11.6 Å². The first-order valence-electron chi connectivity index (χ1n) is 3.78. The largest absolute Gasteiger partial charge is 0.490 e. The van der Waals surface area contributed by atoms with Gasteiger partial charge in [-0.15, -0.1) is 0 Å². The number of benzene rings is 1. The average Bonchev–Trinajstić information content (AvgIpc) is 2.09. The van der Waals surface area contributed by atoms with Crippen molar-refractivity contribution in [3.05, 3.63) is 30.1 Å².